The van der Waals surface area contributed by atoms with Gasteiger partial charge in [-0.2, -0.15) is 11.4 Å². The van der Waals surface area contributed by atoms with Crippen molar-refractivity contribution < 1.29 is 14.2 Å². The summed E-state index contributed by atoms with van der Waals surface area (Å²) < 4.78 is 14.8. The minimum atomic E-state index is 0. The molecule has 5 nitrogen and oxygen atoms in total. The Hall–Kier alpha value is -1.57. The van der Waals surface area contributed by atoms with Crippen LogP contribution in [0.15, 0.2) is 47.8 Å². The van der Waals surface area contributed by atoms with Gasteiger partial charge in [0.05, 0.1) is 0 Å². The quantitative estimate of drug-likeness (QED) is 0.269. The number of benzene rings is 2. The Labute approximate surface area is 299 Å². The van der Waals surface area contributed by atoms with Gasteiger partial charge in [-0.3, -0.25) is 0 Å². The zero-order chi connectivity index (χ0) is 33.2. The molecule has 254 valence electrons. The minimum Gasteiger partial charge on any atom is -0.662 e. The molecule has 3 aliphatic rings. The van der Waals surface area contributed by atoms with Crippen LogP contribution in [0.3, 0.4) is 0 Å². The molecule has 5 rings (SSSR count). The molecule has 0 saturated carbocycles. The van der Waals surface area contributed by atoms with E-state index in [0.717, 1.165) is 62.4 Å². The molecule has 6 heteroatoms. The minimum absolute atomic E-state index is 0. The van der Waals surface area contributed by atoms with Crippen molar-refractivity contribution in [3.63, 3.8) is 0 Å². The SMILES string of the molecule is C/C([N-]c1c(C(C)C)cccc1C(C)C)=C(\C)[N-]c1c(C(C)C)cccc1C(C)C.C1CCOC1.C1CCOC1.C1CCOC1.[Mg+2]. The molecule has 3 heterocycles. The van der Waals surface area contributed by atoms with E-state index in [2.05, 4.69) is 106 Å². The van der Waals surface area contributed by atoms with Crippen molar-refractivity contribution in [1.82, 2.24) is 0 Å². The average molecular weight is 645 g/mol. The molecule has 2 aromatic carbocycles. The fraction of sp³-hybridized carbons (Fsp3) is 0.650. The Morgan fingerprint density at radius 2 is 0.674 bits per heavy atom. The fourth-order valence-corrected chi connectivity index (χ4v) is 5.31. The second-order valence-corrected chi connectivity index (χ2v) is 13.5. The van der Waals surface area contributed by atoms with Gasteiger partial charge in [0.1, 0.15) is 0 Å². The van der Waals surface area contributed by atoms with Crippen molar-refractivity contribution in [2.24, 2.45) is 0 Å². The Bertz CT molecular complexity index is 959. The number of ether oxygens (including phenoxy) is 3. The van der Waals surface area contributed by atoms with E-state index < -0.39 is 0 Å². The third-order valence-electron chi connectivity index (χ3n) is 8.25. The molecule has 3 saturated heterocycles. The summed E-state index contributed by atoms with van der Waals surface area (Å²) in [5, 5.41) is 10.3. The number of nitrogens with zero attached hydrogens (tertiary/aromatic N) is 2. The van der Waals surface area contributed by atoms with Crippen LogP contribution in [0.2, 0.25) is 0 Å². The summed E-state index contributed by atoms with van der Waals surface area (Å²) in [6.45, 7) is 28.1. The Morgan fingerprint density at radius 1 is 0.457 bits per heavy atom. The van der Waals surface area contributed by atoms with Crippen LogP contribution >= 0.6 is 0 Å². The van der Waals surface area contributed by atoms with Crippen LogP contribution < -0.4 is 0 Å². The molecule has 0 bridgehead atoms. The van der Waals surface area contributed by atoms with E-state index in [1.165, 1.54) is 60.8 Å². The Kier molecular flexibility index (Phi) is 21.9. The number of hydrogen-bond donors (Lipinski definition) is 0. The predicted octanol–water partition coefficient (Wildman–Crippen LogP) is 12.2. The molecule has 2 aromatic rings. The third-order valence-corrected chi connectivity index (χ3v) is 8.25. The van der Waals surface area contributed by atoms with Gasteiger partial charge in [0.15, 0.2) is 0 Å². The number of para-hydroxylation sites is 2. The molecule has 0 aliphatic carbocycles. The van der Waals surface area contributed by atoms with Gasteiger partial charge in [-0.05, 0) is 62.2 Å². The van der Waals surface area contributed by atoms with Crippen LogP contribution in [0.4, 0.5) is 11.4 Å². The summed E-state index contributed by atoms with van der Waals surface area (Å²) in [5.74, 6) is 1.73. The maximum Gasteiger partial charge on any atom is 2.00 e. The first kappa shape index (κ1) is 42.4. The first-order valence-corrected chi connectivity index (χ1v) is 17.6. The second kappa shape index (κ2) is 23.7. The summed E-state index contributed by atoms with van der Waals surface area (Å²) in [5.41, 5.74) is 9.43. The zero-order valence-corrected chi connectivity index (χ0v) is 32.5. The van der Waals surface area contributed by atoms with Crippen molar-refractivity contribution in [1.29, 1.82) is 0 Å². The Balaban J connectivity index is 0.000000530. The average Bonchev–Trinajstić information content (AvgIpc) is 3.84. The van der Waals surface area contributed by atoms with E-state index in [9.17, 15) is 0 Å². The van der Waals surface area contributed by atoms with Crippen LogP contribution in [0, 0.1) is 0 Å². The monoisotopic (exact) mass is 644 g/mol. The molecule has 0 N–H and O–H groups in total. The summed E-state index contributed by atoms with van der Waals surface area (Å²) >= 11 is 0. The van der Waals surface area contributed by atoms with Crippen LogP contribution in [0.1, 0.15) is 154 Å². The summed E-state index contributed by atoms with van der Waals surface area (Å²) in [7, 11) is 0. The zero-order valence-electron chi connectivity index (χ0n) is 31.1. The fourth-order valence-electron chi connectivity index (χ4n) is 5.31. The molecule has 0 spiro atoms. The van der Waals surface area contributed by atoms with Crippen LogP contribution in [0.25, 0.3) is 10.6 Å². The molecule has 0 atom stereocenters. The molecule has 0 radical (unpaired) electrons. The second-order valence-electron chi connectivity index (χ2n) is 13.5. The van der Waals surface area contributed by atoms with Gasteiger partial charge < -0.3 is 24.8 Å². The molecule has 46 heavy (non-hydrogen) atoms. The van der Waals surface area contributed by atoms with E-state index in [4.69, 9.17) is 24.8 Å². The molecule has 0 unspecified atom stereocenters. The van der Waals surface area contributed by atoms with Gasteiger partial charge in [-0.25, -0.2) is 0 Å². The molecular weight excluding hydrogens is 581 g/mol. The van der Waals surface area contributed by atoms with Gasteiger partial charge in [0.25, 0.3) is 0 Å². The van der Waals surface area contributed by atoms with Gasteiger partial charge in [-0.1, -0.05) is 128 Å². The maximum absolute atomic E-state index is 5.13. The first-order valence-electron chi connectivity index (χ1n) is 17.6. The smallest absolute Gasteiger partial charge is 0.662 e. The largest absolute Gasteiger partial charge is 2.00 e. The van der Waals surface area contributed by atoms with E-state index in [-0.39, 0.29) is 23.1 Å². The Morgan fingerprint density at radius 3 is 0.826 bits per heavy atom. The standard InChI is InChI=1S/C28H40N2.3C4H8O.Mg/c1-17(2)23-13-11-14-24(18(3)4)27(23)29-21(9)22(10)30-28-25(19(5)6)15-12-16-26(28)20(7)8;3*1-2-4-5-3-1;/h11-20H,1-10H3;3*1-4H2;/q-2;;;;+2/b22-21-;;;;. The van der Waals surface area contributed by atoms with Crippen LogP contribution in [-0.4, -0.2) is 62.7 Å². The predicted molar refractivity (Wildman–Crippen MR) is 200 cm³/mol. The molecule has 0 aromatic heterocycles. The van der Waals surface area contributed by atoms with E-state index in [0.29, 0.717) is 23.7 Å². The molecule has 0 amide bonds. The van der Waals surface area contributed by atoms with Crippen molar-refractivity contribution >= 4 is 34.4 Å². The molecule has 3 aliphatic heterocycles. The van der Waals surface area contributed by atoms with Gasteiger partial charge in [0.2, 0.25) is 0 Å². The topological polar surface area (TPSA) is 55.9 Å². The van der Waals surface area contributed by atoms with Gasteiger partial charge >= 0.3 is 23.1 Å². The number of rotatable bonds is 8. The van der Waals surface area contributed by atoms with E-state index >= 15 is 0 Å². The normalized spacial score (nSPS) is 16.1. The molecular formula is C40H64MgN2O3. The summed E-state index contributed by atoms with van der Waals surface area (Å²) in [4.78, 5) is 0. The van der Waals surface area contributed by atoms with Crippen molar-refractivity contribution in [3.05, 3.63) is 80.7 Å². The number of hydrogen-bond acceptors (Lipinski definition) is 3. The van der Waals surface area contributed by atoms with Crippen molar-refractivity contribution in [2.45, 2.75) is 131 Å². The van der Waals surface area contributed by atoms with Crippen molar-refractivity contribution in [2.75, 3.05) is 39.6 Å². The van der Waals surface area contributed by atoms with Crippen LogP contribution in [0.5, 0.6) is 0 Å². The number of allylic oxidation sites excluding steroid dienone is 2. The maximum atomic E-state index is 5.13. The van der Waals surface area contributed by atoms with Gasteiger partial charge in [-0.15, -0.1) is 11.4 Å². The van der Waals surface area contributed by atoms with Crippen LogP contribution in [-0.2, 0) is 14.2 Å². The van der Waals surface area contributed by atoms with E-state index in [1.807, 2.05) is 0 Å². The third kappa shape index (κ3) is 15.1. The van der Waals surface area contributed by atoms with Gasteiger partial charge in [0, 0.05) is 39.6 Å². The van der Waals surface area contributed by atoms with Crippen molar-refractivity contribution in [3.8, 4) is 0 Å². The summed E-state index contributed by atoms with van der Waals surface area (Å²) in [6.07, 6.45) is 7.67. The first-order chi connectivity index (χ1) is 21.5. The van der Waals surface area contributed by atoms with E-state index in [1.54, 1.807) is 0 Å². The summed E-state index contributed by atoms with van der Waals surface area (Å²) in [6, 6.07) is 13.2. The molecule has 3 fully saturated rings.